The van der Waals surface area contributed by atoms with Gasteiger partial charge in [-0.15, -0.1) is 0 Å². The molecule has 0 bridgehead atoms. The van der Waals surface area contributed by atoms with Crippen LogP contribution in [0.4, 0.5) is 29.3 Å². The molecule has 28 heavy (non-hydrogen) atoms. The van der Waals surface area contributed by atoms with Crippen molar-refractivity contribution in [2.75, 3.05) is 43.5 Å². The number of carbonyl (C=O) groups excluding carboxylic acids is 1. The Hall–Kier alpha value is -2.90. The standard InChI is InChI=1S/C20H22F3N3O2/c1-14-3-8-18(28-2)17(13-14)25-9-11-26(12-10-25)19(27)24-16-6-4-15(5-7-16)20(21,22)23/h3-8,13H,9-12H2,1-2H3,(H,24,27). The number of nitrogens with zero attached hydrogens (tertiary/aromatic N) is 2. The number of hydrogen-bond acceptors (Lipinski definition) is 3. The second-order valence-electron chi connectivity index (χ2n) is 6.65. The molecule has 2 amide bonds. The van der Waals surface area contributed by atoms with Crippen molar-refractivity contribution in [1.82, 2.24) is 4.90 Å². The van der Waals surface area contributed by atoms with Crippen LogP contribution in [0, 0.1) is 6.92 Å². The highest BCUT2D eigenvalue weighted by atomic mass is 19.4. The smallest absolute Gasteiger partial charge is 0.416 e. The predicted octanol–water partition coefficient (Wildman–Crippen LogP) is 4.38. The highest BCUT2D eigenvalue weighted by Crippen LogP contribution is 2.31. The van der Waals surface area contributed by atoms with Gasteiger partial charge in [-0.1, -0.05) is 6.07 Å². The van der Waals surface area contributed by atoms with E-state index in [1.54, 1.807) is 12.0 Å². The van der Waals surface area contributed by atoms with Crippen LogP contribution in [0.5, 0.6) is 5.75 Å². The van der Waals surface area contributed by atoms with Gasteiger partial charge in [0.1, 0.15) is 5.75 Å². The van der Waals surface area contributed by atoms with Gasteiger partial charge in [0.05, 0.1) is 18.4 Å². The van der Waals surface area contributed by atoms with Crippen LogP contribution in [0.3, 0.4) is 0 Å². The second kappa shape index (κ2) is 8.00. The molecule has 0 unspecified atom stereocenters. The maximum Gasteiger partial charge on any atom is 0.416 e. The van der Waals surface area contributed by atoms with Crippen molar-refractivity contribution >= 4 is 17.4 Å². The van der Waals surface area contributed by atoms with Gasteiger partial charge in [-0.2, -0.15) is 13.2 Å². The number of halogens is 3. The Morgan fingerprint density at radius 2 is 1.68 bits per heavy atom. The second-order valence-corrected chi connectivity index (χ2v) is 6.65. The number of urea groups is 1. The van der Waals surface area contributed by atoms with Gasteiger partial charge >= 0.3 is 12.2 Å². The maximum absolute atomic E-state index is 12.6. The molecule has 1 aliphatic rings. The molecule has 150 valence electrons. The summed E-state index contributed by atoms with van der Waals surface area (Å²) in [5.41, 5.74) is 1.70. The number of aryl methyl sites for hydroxylation is 1. The van der Waals surface area contributed by atoms with Crippen LogP contribution < -0.4 is 15.0 Å². The van der Waals surface area contributed by atoms with Gasteiger partial charge in [-0.25, -0.2) is 4.79 Å². The van der Waals surface area contributed by atoms with E-state index in [0.717, 1.165) is 29.1 Å². The van der Waals surface area contributed by atoms with Crippen LogP contribution in [0.1, 0.15) is 11.1 Å². The molecule has 1 aliphatic heterocycles. The quantitative estimate of drug-likeness (QED) is 0.842. The van der Waals surface area contributed by atoms with Crippen molar-refractivity contribution < 1.29 is 22.7 Å². The Morgan fingerprint density at radius 1 is 1.04 bits per heavy atom. The van der Waals surface area contributed by atoms with Crippen molar-refractivity contribution in [2.45, 2.75) is 13.1 Å². The summed E-state index contributed by atoms with van der Waals surface area (Å²) in [4.78, 5) is 16.2. The first-order valence-electron chi connectivity index (χ1n) is 8.90. The molecule has 3 rings (SSSR count). The van der Waals surface area contributed by atoms with Gasteiger partial charge in [-0.3, -0.25) is 0 Å². The first kappa shape index (κ1) is 19.9. The summed E-state index contributed by atoms with van der Waals surface area (Å²) in [6.45, 7) is 4.30. The van der Waals surface area contributed by atoms with Gasteiger partial charge in [0.25, 0.3) is 0 Å². The zero-order chi connectivity index (χ0) is 20.3. The summed E-state index contributed by atoms with van der Waals surface area (Å²) in [5.74, 6) is 0.785. The lowest BCUT2D eigenvalue weighted by atomic mass is 10.1. The fourth-order valence-electron chi connectivity index (χ4n) is 3.14. The molecule has 0 atom stereocenters. The number of hydrogen-bond donors (Lipinski definition) is 1. The van der Waals surface area contributed by atoms with Crippen molar-refractivity contribution in [3.05, 3.63) is 53.6 Å². The number of methoxy groups -OCH3 is 1. The topological polar surface area (TPSA) is 44.8 Å². The lowest BCUT2D eigenvalue weighted by Crippen LogP contribution is -2.50. The van der Waals surface area contributed by atoms with E-state index >= 15 is 0 Å². The van der Waals surface area contributed by atoms with Crippen LogP contribution in [0.2, 0.25) is 0 Å². The Balaban J connectivity index is 1.59. The minimum absolute atomic E-state index is 0.324. The fourth-order valence-corrected chi connectivity index (χ4v) is 3.14. The van der Waals surface area contributed by atoms with Gasteiger partial charge in [0, 0.05) is 31.9 Å². The number of alkyl halides is 3. The zero-order valence-electron chi connectivity index (χ0n) is 15.7. The van der Waals surface area contributed by atoms with Crippen LogP contribution in [0.25, 0.3) is 0 Å². The number of carbonyl (C=O) groups is 1. The van der Waals surface area contributed by atoms with E-state index in [9.17, 15) is 18.0 Å². The predicted molar refractivity (Wildman–Crippen MR) is 102 cm³/mol. The minimum atomic E-state index is -4.39. The van der Waals surface area contributed by atoms with E-state index in [1.807, 2.05) is 19.1 Å². The molecule has 1 saturated heterocycles. The molecular weight excluding hydrogens is 371 g/mol. The third-order valence-electron chi connectivity index (χ3n) is 4.71. The summed E-state index contributed by atoms with van der Waals surface area (Å²) < 4.78 is 43.3. The largest absolute Gasteiger partial charge is 0.495 e. The van der Waals surface area contributed by atoms with Gasteiger partial charge in [0.2, 0.25) is 0 Å². The van der Waals surface area contributed by atoms with E-state index in [2.05, 4.69) is 16.3 Å². The lowest BCUT2D eigenvalue weighted by molar-refractivity contribution is -0.137. The first-order chi connectivity index (χ1) is 13.3. The zero-order valence-corrected chi connectivity index (χ0v) is 15.7. The molecular formula is C20H22F3N3O2. The monoisotopic (exact) mass is 393 g/mol. The Kier molecular flexibility index (Phi) is 5.67. The molecule has 1 N–H and O–H groups in total. The molecule has 0 aliphatic carbocycles. The third kappa shape index (κ3) is 4.49. The molecule has 0 saturated carbocycles. The Morgan fingerprint density at radius 3 is 2.25 bits per heavy atom. The summed E-state index contributed by atoms with van der Waals surface area (Å²) in [6.07, 6.45) is -4.39. The molecule has 8 heteroatoms. The molecule has 0 spiro atoms. The normalized spacial score (nSPS) is 14.8. The fraction of sp³-hybridized carbons (Fsp3) is 0.350. The first-order valence-corrected chi connectivity index (χ1v) is 8.90. The number of nitrogens with one attached hydrogen (secondary N) is 1. The third-order valence-corrected chi connectivity index (χ3v) is 4.71. The van der Waals surface area contributed by atoms with E-state index in [1.165, 1.54) is 12.1 Å². The lowest BCUT2D eigenvalue weighted by Gasteiger charge is -2.36. The molecule has 0 aromatic heterocycles. The number of piperazine rings is 1. The molecule has 0 radical (unpaired) electrons. The van der Waals surface area contributed by atoms with Gasteiger partial charge in [0.15, 0.2) is 0 Å². The van der Waals surface area contributed by atoms with E-state index in [4.69, 9.17) is 4.74 Å². The highest BCUT2D eigenvalue weighted by molar-refractivity contribution is 5.89. The molecule has 5 nitrogen and oxygen atoms in total. The van der Waals surface area contributed by atoms with Crippen molar-refractivity contribution in [1.29, 1.82) is 0 Å². The van der Waals surface area contributed by atoms with Gasteiger partial charge < -0.3 is 19.9 Å². The minimum Gasteiger partial charge on any atom is -0.495 e. The summed E-state index contributed by atoms with van der Waals surface area (Å²) in [6, 6.07) is 10.1. The SMILES string of the molecule is COc1ccc(C)cc1N1CCN(C(=O)Nc2ccc(C(F)(F)F)cc2)CC1. The average molecular weight is 393 g/mol. The molecule has 1 heterocycles. The van der Waals surface area contributed by atoms with Crippen LogP contribution in [-0.2, 0) is 6.18 Å². The Labute approximate surface area is 161 Å². The molecule has 1 fully saturated rings. The number of rotatable bonds is 3. The molecule has 2 aromatic rings. The van der Waals surface area contributed by atoms with E-state index in [0.29, 0.717) is 31.9 Å². The van der Waals surface area contributed by atoms with E-state index < -0.39 is 11.7 Å². The maximum atomic E-state index is 12.6. The van der Waals surface area contributed by atoms with Crippen molar-refractivity contribution in [3.8, 4) is 5.75 Å². The summed E-state index contributed by atoms with van der Waals surface area (Å²) >= 11 is 0. The van der Waals surface area contributed by atoms with Crippen LogP contribution in [-0.4, -0.2) is 44.2 Å². The van der Waals surface area contributed by atoms with Gasteiger partial charge in [-0.05, 0) is 48.9 Å². The van der Waals surface area contributed by atoms with Crippen molar-refractivity contribution in [2.24, 2.45) is 0 Å². The Bertz CT molecular complexity index is 830. The van der Waals surface area contributed by atoms with Crippen molar-refractivity contribution in [3.63, 3.8) is 0 Å². The average Bonchev–Trinajstić information content (AvgIpc) is 2.68. The molecule has 2 aromatic carbocycles. The number of ether oxygens (including phenoxy) is 1. The summed E-state index contributed by atoms with van der Waals surface area (Å²) in [7, 11) is 1.63. The number of amides is 2. The number of benzene rings is 2. The number of anilines is 2. The summed E-state index contributed by atoms with van der Waals surface area (Å²) in [5, 5.41) is 2.65. The van der Waals surface area contributed by atoms with E-state index in [-0.39, 0.29) is 6.03 Å². The van der Waals surface area contributed by atoms with Crippen LogP contribution >= 0.6 is 0 Å². The highest BCUT2D eigenvalue weighted by Gasteiger charge is 2.30. The van der Waals surface area contributed by atoms with Crippen LogP contribution in [0.15, 0.2) is 42.5 Å².